The van der Waals surface area contributed by atoms with E-state index in [1.807, 2.05) is 37.3 Å². The van der Waals surface area contributed by atoms with Crippen LogP contribution in [0.3, 0.4) is 0 Å². The summed E-state index contributed by atoms with van der Waals surface area (Å²) in [5.74, 6) is 0.532. The molecule has 1 N–H and O–H groups in total. The molecule has 0 saturated heterocycles. The minimum absolute atomic E-state index is 0.0683. The number of hydrogen-bond donors (Lipinski definition) is 1. The maximum atomic E-state index is 14.4. The number of carbonyl (C=O) groups excluding carboxylic acids is 1. The van der Waals surface area contributed by atoms with Crippen LogP contribution in [0.5, 0.6) is 0 Å². The summed E-state index contributed by atoms with van der Waals surface area (Å²) in [5, 5.41) is 12.0. The Labute approximate surface area is 168 Å². The lowest BCUT2D eigenvalue weighted by molar-refractivity contribution is -0.119. The van der Waals surface area contributed by atoms with E-state index in [1.165, 1.54) is 17.8 Å². The second-order valence-corrected chi connectivity index (χ2v) is 7.79. The summed E-state index contributed by atoms with van der Waals surface area (Å²) in [5.41, 5.74) is 1.17. The fourth-order valence-corrected chi connectivity index (χ4v) is 3.35. The molecule has 7 heteroatoms. The Morgan fingerprint density at radius 1 is 1.07 bits per heavy atom. The fourth-order valence-electron chi connectivity index (χ4n) is 2.58. The highest BCUT2D eigenvalue weighted by Crippen LogP contribution is 2.29. The number of carbonyl (C=O) groups is 1. The molecule has 3 rings (SSSR count). The number of aromatic nitrogens is 3. The van der Waals surface area contributed by atoms with Crippen LogP contribution < -0.4 is 5.32 Å². The lowest BCUT2D eigenvalue weighted by Gasteiger charge is -2.17. The maximum absolute atomic E-state index is 14.4. The predicted molar refractivity (Wildman–Crippen MR) is 110 cm³/mol. The number of amides is 1. The van der Waals surface area contributed by atoms with Crippen molar-refractivity contribution in [1.29, 1.82) is 0 Å². The van der Waals surface area contributed by atoms with Gasteiger partial charge in [0.15, 0.2) is 11.0 Å². The van der Waals surface area contributed by atoms with Crippen LogP contribution in [-0.4, -0.2) is 32.5 Å². The number of rotatable bonds is 7. The largest absolute Gasteiger partial charge is 0.353 e. The SMILES string of the molecule is CC(C)C(C)NC(=O)CSc1nnc(-c2ccccc2F)n1-c1ccccc1. The van der Waals surface area contributed by atoms with Crippen LogP contribution in [-0.2, 0) is 4.79 Å². The zero-order chi connectivity index (χ0) is 20.1. The van der Waals surface area contributed by atoms with Crippen LogP contribution >= 0.6 is 11.8 Å². The first-order valence-electron chi connectivity index (χ1n) is 9.15. The lowest BCUT2D eigenvalue weighted by atomic mass is 10.1. The van der Waals surface area contributed by atoms with Crippen molar-refractivity contribution < 1.29 is 9.18 Å². The molecule has 0 aliphatic heterocycles. The third-order valence-corrected chi connectivity index (χ3v) is 5.41. The molecule has 0 saturated carbocycles. The standard InChI is InChI=1S/C21H23FN4OS/c1-14(2)15(3)23-19(27)13-28-21-25-24-20(17-11-7-8-12-18(17)22)26(21)16-9-5-4-6-10-16/h4-12,14-15H,13H2,1-3H3,(H,23,27). The van der Waals surface area contributed by atoms with E-state index in [4.69, 9.17) is 0 Å². The molecule has 0 spiro atoms. The van der Waals surface area contributed by atoms with E-state index in [0.717, 1.165) is 5.69 Å². The lowest BCUT2D eigenvalue weighted by Crippen LogP contribution is -2.37. The number of nitrogens with one attached hydrogen (secondary N) is 1. The fraction of sp³-hybridized carbons (Fsp3) is 0.286. The van der Waals surface area contributed by atoms with Crippen molar-refractivity contribution in [3.63, 3.8) is 0 Å². The van der Waals surface area contributed by atoms with Crippen LogP contribution in [0.1, 0.15) is 20.8 Å². The van der Waals surface area contributed by atoms with E-state index in [0.29, 0.717) is 22.5 Å². The van der Waals surface area contributed by atoms with Gasteiger partial charge in [-0.2, -0.15) is 0 Å². The average molecular weight is 399 g/mol. The molecule has 2 aromatic carbocycles. The first-order valence-corrected chi connectivity index (χ1v) is 10.1. The predicted octanol–water partition coefficient (Wildman–Crippen LogP) is 4.33. The minimum atomic E-state index is -0.368. The normalized spacial score (nSPS) is 12.2. The topological polar surface area (TPSA) is 59.8 Å². The third-order valence-electron chi connectivity index (χ3n) is 4.48. The van der Waals surface area contributed by atoms with E-state index in [-0.39, 0.29) is 23.5 Å². The molecular weight excluding hydrogens is 375 g/mol. The van der Waals surface area contributed by atoms with Crippen molar-refractivity contribution in [3.05, 3.63) is 60.4 Å². The number of para-hydroxylation sites is 1. The van der Waals surface area contributed by atoms with Crippen molar-refractivity contribution in [3.8, 4) is 17.1 Å². The maximum Gasteiger partial charge on any atom is 0.230 e. The Morgan fingerprint density at radius 3 is 2.43 bits per heavy atom. The zero-order valence-electron chi connectivity index (χ0n) is 16.1. The van der Waals surface area contributed by atoms with Gasteiger partial charge in [-0.1, -0.05) is 55.9 Å². The molecule has 1 amide bonds. The molecule has 146 valence electrons. The van der Waals surface area contributed by atoms with Crippen LogP contribution in [0.25, 0.3) is 17.1 Å². The number of thioether (sulfide) groups is 1. The number of hydrogen-bond acceptors (Lipinski definition) is 4. The Kier molecular flexibility index (Phi) is 6.46. The van der Waals surface area contributed by atoms with Crippen LogP contribution in [0, 0.1) is 11.7 Å². The quantitative estimate of drug-likeness (QED) is 0.602. The molecule has 28 heavy (non-hydrogen) atoms. The van der Waals surface area contributed by atoms with Gasteiger partial charge in [-0.05, 0) is 37.1 Å². The summed E-state index contributed by atoms with van der Waals surface area (Å²) in [6.45, 7) is 6.10. The van der Waals surface area contributed by atoms with Gasteiger partial charge in [-0.15, -0.1) is 10.2 Å². The summed E-state index contributed by atoms with van der Waals surface area (Å²) in [6.07, 6.45) is 0. The molecule has 0 fully saturated rings. The number of benzene rings is 2. The molecule has 1 aromatic heterocycles. The Balaban J connectivity index is 1.90. The van der Waals surface area contributed by atoms with Gasteiger partial charge in [0.1, 0.15) is 5.82 Å². The Hall–Kier alpha value is -2.67. The van der Waals surface area contributed by atoms with E-state index < -0.39 is 0 Å². The molecule has 1 heterocycles. The summed E-state index contributed by atoms with van der Waals surface area (Å²) in [6, 6.07) is 16.1. The number of nitrogens with zero attached hydrogens (tertiary/aromatic N) is 3. The van der Waals surface area contributed by atoms with Crippen LogP contribution in [0.4, 0.5) is 4.39 Å². The third kappa shape index (κ3) is 4.59. The summed E-state index contributed by atoms with van der Waals surface area (Å²) in [4.78, 5) is 12.3. The molecule has 3 aromatic rings. The molecule has 0 bridgehead atoms. The first-order chi connectivity index (χ1) is 13.5. The van der Waals surface area contributed by atoms with Gasteiger partial charge in [0.25, 0.3) is 0 Å². The van der Waals surface area contributed by atoms with E-state index in [1.54, 1.807) is 22.8 Å². The van der Waals surface area contributed by atoms with Crippen molar-refractivity contribution in [2.45, 2.75) is 32.0 Å². The van der Waals surface area contributed by atoms with Gasteiger partial charge in [0.05, 0.1) is 11.3 Å². The second-order valence-electron chi connectivity index (χ2n) is 6.85. The van der Waals surface area contributed by atoms with Gasteiger partial charge in [-0.25, -0.2) is 4.39 Å². The minimum Gasteiger partial charge on any atom is -0.353 e. The summed E-state index contributed by atoms with van der Waals surface area (Å²) in [7, 11) is 0. The van der Waals surface area contributed by atoms with Gasteiger partial charge < -0.3 is 5.32 Å². The van der Waals surface area contributed by atoms with Gasteiger partial charge in [0.2, 0.25) is 5.91 Å². The van der Waals surface area contributed by atoms with E-state index in [9.17, 15) is 9.18 Å². The van der Waals surface area contributed by atoms with Crippen LogP contribution in [0.15, 0.2) is 59.8 Å². The van der Waals surface area contributed by atoms with Crippen LogP contribution in [0.2, 0.25) is 0 Å². The molecule has 0 aliphatic rings. The molecule has 0 aliphatic carbocycles. The molecule has 1 atom stereocenters. The molecule has 5 nitrogen and oxygen atoms in total. The molecule has 0 radical (unpaired) electrons. The number of halogens is 1. The van der Waals surface area contributed by atoms with Gasteiger partial charge in [0, 0.05) is 11.7 Å². The van der Waals surface area contributed by atoms with Gasteiger partial charge >= 0.3 is 0 Å². The smallest absolute Gasteiger partial charge is 0.230 e. The summed E-state index contributed by atoms with van der Waals surface area (Å²) >= 11 is 1.28. The Morgan fingerprint density at radius 2 is 1.75 bits per heavy atom. The monoisotopic (exact) mass is 398 g/mol. The summed E-state index contributed by atoms with van der Waals surface area (Å²) < 4.78 is 16.1. The van der Waals surface area contributed by atoms with Crippen molar-refractivity contribution in [1.82, 2.24) is 20.1 Å². The zero-order valence-corrected chi connectivity index (χ0v) is 16.9. The van der Waals surface area contributed by atoms with Crippen molar-refractivity contribution in [2.75, 3.05) is 5.75 Å². The molecular formula is C21H23FN4OS. The second kappa shape index (κ2) is 9.01. The Bertz CT molecular complexity index is 943. The highest BCUT2D eigenvalue weighted by atomic mass is 32.2. The van der Waals surface area contributed by atoms with Crippen molar-refractivity contribution >= 4 is 17.7 Å². The van der Waals surface area contributed by atoms with Crippen molar-refractivity contribution in [2.24, 2.45) is 5.92 Å². The van der Waals surface area contributed by atoms with E-state index >= 15 is 0 Å². The first kappa shape index (κ1) is 20.1. The highest BCUT2D eigenvalue weighted by Gasteiger charge is 2.20. The van der Waals surface area contributed by atoms with Gasteiger partial charge in [-0.3, -0.25) is 9.36 Å². The highest BCUT2D eigenvalue weighted by molar-refractivity contribution is 7.99. The average Bonchev–Trinajstić information content (AvgIpc) is 3.11. The van der Waals surface area contributed by atoms with E-state index in [2.05, 4.69) is 29.4 Å². The molecule has 1 unspecified atom stereocenters.